The van der Waals surface area contributed by atoms with Gasteiger partial charge in [0.2, 0.25) is 0 Å². The summed E-state index contributed by atoms with van der Waals surface area (Å²) in [4.78, 5) is 2.37. The van der Waals surface area contributed by atoms with E-state index < -0.39 is 5.82 Å². The molecule has 0 radical (unpaired) electrons. The summed E-state index contributed by atoms with van der Waals surface area (Å²) in [5.41, 5.74) is 6.29. The van der Waals surface area contributed by atoms with E-state index in [0.717, 1.165) is 57.8 Å². The van der Waals surface area contributed by atoms with Gasteiger partial charge < -0.3 is 20.9 Å². The molecule has 2 aliphatic rings. The lowest BCUT2D eigenvalue weighted by Gasteiger charge is -2.41. The van der Waals surface area contributed by atoms with Crippen LogP contribution in [0.1, 0.15) is 24.4 Å². The van der Waals surface area contributed by atoms with Gasteiger partial charge in [0.05, 0.1) is 0 Å². The molecule has 0 bridgehead atoms. The van der Waals surface area contributed by atoms with Crippen molar-refractivity contribution in [3.05, 3.63) is 23.5 Å². The van der Waals surface area contributed by atoms with Crippen LogP contribution in [0.4, 0.5) is 10.1 Å². The van der Waals surface area contributed by atoms with Crippen LogP contribution in [-0.4, -0.2) is 49.4 Å². The van der Waals surface area contributed by atoms with Gasteiger partial charge in [-0.3, -0.25) is 4.90 Å². The second kappa shape index (κ2) is 9.63. The maximum absolute atomic E-state index is 13.6. The zero-order valence-electron chi connectivity index (χ0n) is 13.5. The summed E-state index contributed by atoms with van der Waals surface area (Å²) >= 11 is 0. The maximum atomic E-state index is 13.6. The Morgan fingerprint density at radius 3 is 2.46 bits per heavy atom. The Bertz CT molecular complexity index is 506. The highest BCUT2D eigenvalue weighted by Crippen LogP contribution is 2.41. The van der Waals surface area contributed by atoms with E-state index in [1.165, 1.54) is 6.07 Å². The Morgan fingerprint density at radius 1 is 1.21 bits per heavy atom. The first-order valence-corrected chi connectivity index (χ1v) is 7.98. The van der Waals surface area contributed by atoms with E-state index >= 15 is 0 Å². The number of piperazine rings is 1. The third-order valence-electron chi connectivity index (χ3n) is 4.77. The molecule has 2 aliphatic heterocycles. The number of nitrogens with two attached hydrogens (primary N) is 1. The number of anilines is 1. The topological polar surface area (TPSA) is 70.8 Å². The van der Waals surface area contributed by atoms with Crippen LogP contribution in [0, 0.1) is 11.7 Å². The van der Waals surface area contributed by atoms with E-state index in [0.29, 0.717) is 5.92 Å². The van der Waals surface area contributed by atoms with Crippen LogP contribution < -0.4 is 11.1 Å². The van der Waals surface area contributed by atoms with Crippen LogP contribution in [-0.2, 0) is 4.74 Å². The largest absolute Gasteiger partial charge is 0.505 e. The van der Waals surface area contributed by atoms with Crippen molar-refractivity contribution in [2.75, 3.05) is 45.1 Å². The molecule has 138 valence electrons. The molecule has 3 rings (SSSR count). The van der Waals surface area contributed by atoms with Crippen LogP contribution in [0.3, 0.4) is 0 Å². The van der Waals surface area contributed by atoms with E-state index in [1.54, 1.807) is 6.07 Å². The number of hydrogen-bond donors (Lipinski definition) is 3. The predicted octanol–water partition coefficient (Wildman–Crippen LogP) is 2.33. The second-order valence-corrected chi connectivity index (χ2v) is 6.08. The van der Waals surface area contributed by atoms with Gasteiger partial charge in [-0.1, -0.05) is 6.07 Å². The van der Waals surface area contributed by atoms with Gasteiger partial charge in [0.1, 0.15) is 17.3 Å². The average Bonchev–Trinajstić information content (AvgIpc) is 2.57. The highest BCUT2D eigenvalue weighted by atomic mass is 35.5. The number of halogens is 3. The van der Waals surface area contributed by atoms with Crippen molar-refractivity contribution in [3.8, 4) is 5.75 Å². The Kier molecular flexibility index (Phi) is 8.53. The molecule has 1 aromatic rings. The van der Waals surface area contributed by atoms with Gasteiger partial charge in [-0.2, -0.15) is 0 Å². The number of aromatic hydroxyl groups is 1. The quantitative estimate of drug-likeness (QED) is 0.553. The summed E-state index contributed by atoms with van der Waals surface area (Å²) in [6, 6.07) is 3.11. The molecule has 2 fully saturated rings. The van der Waals surface area contributed by atoms with Crippen molar-refractivity contribution < 1.29 is 14.2 Å². The van der Waals surface area contributed by atoms with Crippen molar-refractivity contribution >= 4 is 30.5 Å². The minimum atomic E-state index is -0.563. The van der Waals surface area contributed by atoms with Crippen LogP contribution in [0.2, 0.25) is 0 Å². The first-order chi connectivity index (χ1) is 10.7. The van der Waals surface area contributed by atoms with Crippen LogP contribution >= 0.6 is 24.8 Å². The lowest BCUT2D eigenvalue weighted by molar-refractivity contribution is 0.0206. The van der Waals surface area contributed by atoms with E-state index in [2.05, 4.69) is 10.2 Å². The zero-order chi connectivity index (χ0) is 15.5. The number of hydrogen-bond acceptors (Lipinski definition) is 5. The summed E-state index contributed by atoms with van der Waals surface area (Å²) < 4.78 is 19.0. The van der Waals surface area contributed by atoms with Crippen molar-refractivity contribution in [2.24, 2.45) is 5.92 Å². The van der Waals surface area contributed by atoms with Gasteiger partial charge in [-0.05, 0) is 24.8 Å². The SMILES string of the molecule is Cl.Cl.Nc1c(F)ccc([C@H](C2CCOCC2)N2CCNCC2)c1O. The molecule has 0 saturated carbocycles. The number of benzene rings is 1. The van der Waals surface area contributed by atoms with Crippen molar-refractivity contribution in [3.63, 3.8) is 0 Å². The summed E-state index contributed by atoms with van der Waals surface area (Å²) in [5, 5.41) is 13.7. The minimum absolute atomic E-state index is 0. The fourth-order valence-corrected chi connectivity index (χ4v) is 3.58. The Morgan fingerprint density at radius 2 is 1.83 bits per heavy atom. The molecule has 8 heteroatoms. The minimum Gasteiger partial charge on any atom is -0.505 e. The summed E-state index contributed by atoms with van der Waals surface area (Å²) in [6.45, 7) is 5.17. The number of phenols is 1. The number of nitrogen functional groups attached to an aromatic ring is 1. The standard InChI is InChI=1S/C16H24FN3O2.2ClH/c17-13-2-1-12(16(21)14(13)18)15(11-3-9-22-10-4-11)20-7-5-19-6-8-20;;/h1-2,11,15,19,21H,3-10,18H2;2*1H/t15-;;/m0../s1. The van der Waals surface area contributed by atoms with Gasteiger partial charge in [0.15, 0.2) is 0 Å². The first-order valence-electron chi connectivity index (χ1n) is 7.98. The third kappa shape index (κ3) is 4.43. The fourth-order valence-electron chi connectivity index (χ4n) is 3.58. The van der Waals surface area contributed by atoms with Crippen molar-refractivity contribution in [2.45, 2.75) is 18.9 Å². The Hall–Kier alpha value is -0.790. The Labute approximate surface area is 154 Å². The summed E-state index contributed by atoms with van der Waals surface area (Å²) in [5.74, 6) is -0.273. The number of phenolic OH excluding ortho intramolecular Hbond substituents is 1. The molecule has 1 aromatic carbocycles. The van der Waals surface area contributed by atoms with Crippen molar-refractivity contribution in [1.82, 2.24) is 10.2 Å². The molecular formula is C16H26Cl2FN3O2. The van der Waals surface area contributed by atoms with Crippen LogP contribution in [0.25, 0.3) is 0 Å². The number of nitrogens with zero attached hydrogens (tertiary/aromatic N) is 1. The van der Waals surface area contributed by atoms with Crippen LogP contribution in [0.5, 0.6) is 5.75 Å². The molecule has 0 unspecified atom stereocenters. The third-order valence-corrected chi connectivity index (χ3v) is 4.77. The number of ether oxygens (including phenoxy) is 1. The zero-order valence-corrected chi connectivity index (χ0v) is 15.2. The predicted molar refractivity (Wildman–Crippen MR) is 97.7 cm³/mol. The number of nitrogens with one attached hydrogen (secondary N) is 1. The van der Waals surface area contributed by atoms with Gasteiger partial charge in [0, 0.05) is 51.0 Å². The average molecular weight is 382 g/mol. The maximum Gasteiger partial charge on any atom is 0.149 e. The lowest BCUT2D eigenvalue weighted by Crippen LogP contribution is -2.47. The normalized spacial score (nSPS) is 20.7. The second-order valence-electron chi connectivity index (χ2n) is 6.08. The van der Waals surface area contributed by atoms with E-state index in [4.69, 9.17) is 10.5 Å². The molecule has 24 heavy (non-hydrogen) atoms. The smallest absolute Gasteiger partial charge is 0.149 e. The van der Waals surface area contributed by atoms with Crippen molar-refractivity contribution in [1.29, 1.82) is 0 Å². The molecular weight excluding hydrogens is 356 g/mol. The van der Waals surface area contributed by atoms with Gasteiger partial charge in [-0.25, -0.2) is 4.39 Å². The first kappa shape index (κ1) is 21.3. The molecule has 0 spiro atoms. The summed E-state index contributed by atoms with van der Waals surface area (Å²) in [7, 11) is 0. The van der Waals surface area contributed by atoms with Gasteiger partial charge in [-0.15, -0.1) is 24.8 Å². The van der Waals surface area contributed by atoms with E-state index in [9.17, 15) is 9.50 Å². The molecule has 4 N–H and O–H groups in total. The highest BCUT2D eigenvalue weighted by molar-refractivity contribution is 5.85. The molecule has 0 amide bonds. The highest BCUT2D eigenvalue weighted by Gasteiger charge is 2.33. The molecule has 1 atom stereocenters. The molecule has 5 nitrogen and oxygen atoms in total. The Balaban J connectivity index is 0.00000144. The summed E-state index contributed by atoms with van der Waals surface area (Å²) in [6.07, 6.45) is 1.90. The fraction of sp³-hybridized carbons (Fsp3) is 0.625. The van der Waals surface area contributed by atoms with Gasteiger partial charge in [0.25, 0.3) is 0 Å². The van der Waals surface area contributed by atoms with E-state index in [-0.39, 0.29) is 42.3 Å². The van der Waals surface area contributed by atoms with Gasteiger partial charge >= 0.3 is 0 Å². The monoisotopic (exact) mass is 381 g/mol. The van der Waals surface area contributed by atoms with E-state index in [1.807, 2.05) is 0 Å². The molecule has 0 aromatic heterocycles. The number of rotatable bonds is 3. The van der Waals surface area contributed by atoms with Crippen LogP contribution in [0.15, 0.2) is 12.1 Å². The molecule has 2 heterocycles. The molecule has 0 aliphatic carbocycles. The molecule has 2 saturated heterocycles. The lowest BCUT2D eigenvalue weighted by atomic mass is 9.85.